The molecule has 2 fully saturated rings. The summed E-state index contributed by atoms with van der Waals surface area (Å²) in [5.41, 5.74) is 1.02. The van der Waals surface area contributed by atoms with E-state index in [2.05, 4.69) is 15.6 Å². The van der Waals surface area contributed by atoms with Gasteiger partial charge < -0.3 is 15.4 Å². The molecule has 1 amide bonds. The van der Waals surface area contributed by atoms with Crippen molar-refractivity contribution in [3.8, 4) is 16.3 Å². The van der Waals surface area contributed by atoms with E-state index in [9.17, 15) is 4.79 Å². The molecule has 0 saturated carbocycles. The lowest BCUT2D eigenvalue weighted by Gasteiger charge is -2.20. The van der Waals surface area contributed by atoms with Crippen molar-refractivity contribution in [3.63, 3.8) is 0 Å². The highest BCUT2D eigenvalue weighted by molar-refractivity contribution is 7.17. The van der Waals surface area contributed by atoms with Crippen LogP contribution in [0.3, 0.4) is 0 Å². The van der Waals surface area contributed by atoms with Crippen LogP contribution < -0.4 is 15.4 Å². The summed E-state index contributed by atoms with van der Waals surface area (Å²) in [5, 5.41) is 6.73. The Hall–Kier alpha value is -1.92. The van der Waals surface area contributed by atoms with E-state index in [1.807, 2.05) is 24.3 Å². The SMILES string of the molecule is COc1cc(-c2ccc(C(=O)NC3CC4CCC3N4)s2)ccn1. The molecule has 5 nitrogen and oxygen atoms in total. The maximum Gasteiger partial charge on any atom is 0.261 e. The lowest BCUT2D eigenvalue weighted by atomic mass is 9.95. The third-order valence-corrected chi connectivity index (χ3v) is 5.81. The number of amides is 1. The molecule has 120 valence electrons. The van der Waals surface area contributed by atoms with Gasteiger partial charge in [-0.2, -0.15) is 0 Å². The maximum absolute atomic E-state index is 12.5. The van der Waals surface area contributed by atoms with E-state index >= 15 is 0 Å². The van der Waals surface area contributed by atoms with Crippen LogP contribution in [-0.2, 0) is 0 Å². The number of aromatic nitrogens is 1. The van der Waals surface area contributed by atoms with Crippen molar-refractivity contribution in [3.05, 3.63) is 35.3 Å². The molecule has 2 N–H and O–H groups in total. The van der Waals surface area contributed by atoms with Gasteiger partial charge in [0, 0.05) is 35.3 Å². The predicted octanol–water partition coefficient (Wildman–Crippen LogP) is 2.44. The average Bonchev–Trinajstić information content (AvgIpc) is 3.31. The molecule has 2 bridgehead atoms. The molecular weight excluding hydrogens is 310 g/mol. The number of carbonyl (C=O) groups is 1. The maximum atomic E-state index is 12.5. The Labute approximate surface area is 139 Å². The zero-order valence-electron chi connectivity index (χ0n) is 12.9. The summed E-state index contributed by atoms with van der Waals surface area (Å²) in [4.78, 5) is 18.4. The number of methoxy groups -OCH3 is 1. The molecular formula is C17H19N3O2S. The van der Waals surface area contributed by atoms with E-state index in [1.54, 1.807) is 13.3 Å². The molecule has 2 aliphatic rings. The van der Waals surface area contributed by atoms with E-state index in [-0.39, 0.29) is 11.9 Å². The van der Waals surface area contributed by atoms with E-state index < -0.39 is 0 Å². The lowest BCUT2D eigenvalue weighted by molar-refractivity contribution is 0.0935. The number of nitrogens with zero attached hydrogens (tertiary/aromatic N) is 1. The van der Waals surface area contributed by atoms with Gasteiger partial charge in [-0.25, -0.2) is 4.98 Å². The largest absolute Gasteiger partial charge is 0.481 e. The van der Waals surface area contributed by atoms with Gasteiger partial charge in [-0.3, -0.25) is 4.79 Å². The molecule has 4 heterocycles. The highest BCUT2D eigenvalue weighted by atomic mass is 32.1. The van der Waals surface area contributed by atoms with E-state index in [4.69, 9.17) is 4.74 Å². The first-order valence-electron chi connectivity index (χ1n) is 7.90. The third-order valence-electron chi connectivity index (χ3n) is 4.67. The Morgan fingerprint density at radius 1 is 1.39 bits per heavy atom. The van der Waals surface area contributed by atoms with Gasteiger partial charge in [0.15, 0.2) is 0 Å². The smallest absolute Gasteiger partial charge is 0.261 e. The Morgan fingerprint density at radius 3 is 3.04 bits per heavy atom. The summed E-state index contributed by atoms with van der Waals surface area (Å²) in [6.45, 7) is 0. The number of nitrogens with one attached hydrogen (secondary N) is 2. The van der Waals surface area contributed by atoms with Crippen LogP contribution in [-0.4, -0.2) is 36.1 Å². The summed E-state index contributed by atoms with van der Waals surface area (Å²) in [6.07, 6.45) is 5.18. The van der Waals surface area contributed by atoms with Gasteiger partial charge >= 0.3 is 0 Å². The summed E-state index contributed by atoms with van der Waals surface area (Å²) in [7, 11) is 1.60. The monoisotopic (exact) mass is 329 g/mol. The molecule has 3 atom stereocenters. The molecule has 0 aromatic carbocycles. The molecule has 3 unspecified atom stereocenters. The first-order valence-corrected chi connectivity index (χ1v) is 8.72. The highest BCUT2D eigenvalue weighted by Gasteiger charge is 2.39. The van der Waals surface area contributed by atoms with Crippen molar-refractivity contribution in [1.82, 2.24) is 15.6 Å². The first kappa shape index (κ1) is 14.7. The summed E-state index contributed by atoms with van der Waals surface area (Å²) >= 11 is 1.50. The van der Waals surface area contributed by atoms with Crippen LogP contribution in [0, 0.1) is 0 Å². The standard InChI is InChI=1S/C17H19N3O2S/c1-22-16-8-10(6-7-18-16)14-4-5-15(23-14)17(21)20-13-9-11-2-3-12(13)19-11/h4-8,11-13,19H,2-3,9H2,1H3,(H,20,21). The molecule has 6 heteroatoms. The molecule has 2 aromatic heterocycles. The fourth-order valence-electron chi connectivity index (χ4n) is 3.51. The van der Waals surface area contributed by atoms with Gasteiger partial charge in [-0.15, -0.1) is 11.3 Å². The lowest BCUT2D eigenvalue weighted by Crippen LogP contribution is -2.42. The fraction of sp³-hybridized carbons (Fsp3) is 0.412. The molecule has 2 aliphatic heterocycles. The van der Waals surface area contributed by atoms with Gasteiger partial charge in [0.25, 0.3) is 5.91 Å². The number of carbonyl (C=O) groups excluding carboxylic acids is 1. The second-order valence-electron chi connectivity index (χ2n) is 6.11. The number of hydrogen-bond donors (Lipinski definition) is 2. The minimum Gasteiger partial charge on any atom is -0.481 e. The zero-order valence-corrected chi connectivity index (χ0v) is 13.7. The Bertz CT molecular complexity index is 730. The summed E-state index contributed by atoms with van der Waals surface area (Å²) < 4.78 is 5.15. The van der Waals surface area contributed by atoms with Crippen LogP contribution in [0.25, 0.3) is 10.4 Å². The van der Waals surface area contributed by atoms with Crippen molar-refractivity contribution >= 4 is 17.2 Å². The van der Waals surface area contributed by atoms with Crippen LogP contribution in [0.2, 0.25) is 0 Å². The molecule has 2 saturated heterocycles. The molecule has 23 heavy (non-hydrogen) atoms. The molecule has 0 spiro atoms. The van der Waals surface area contributed by atoms with Crippen LogP contribution >= 0.6 is 11.3 Å². The van der Waals surface area contributed by atoms with Crippen LogP contribution in [0.4, 0.5) is 0 Å². The van der Waals surface area contributed by atoms with Crippen molar-refractivity contribution < 1.29 is 9.53 Å². The Morgan fingerprint density at radius 2 is 2.30 bits per heavy atom. The minimum absolute atomic E-state index is 0.0293. The van der Waals surface area contributed by atoms with Crippen LogP contribution in [0.5, 0.6) is 5.88 Å². The third kappa shape index (κ3) is 2.84. The topological polar surface area (TPSA) is 63.2 Å². The molecule has 4 rings (SSSR count). The molecule has 0 aliphatic carbocycles. The van der Waals surface area contributed by atoms with E-state index in [1.165, 1.54) is 24.2 Å². The van der Waals surface area contributed by atoms with E-state index in [0.717, 1.165) is 21.7 Å². The highest BCUT2D eigenvalue weighted by Crippen LogP contribution is 2.31. The van der Waals surface area contributed by atoms with Gasteiger partial charge in [-0.05, 0) is 43.0 Å². The second-order valence-corrected chi connectivity index (χ2v) is 7.20. The van der Waals surface area contributed by atoms with Gasteiger partial charge in [0.1, 0.15) is 0 Å². The average molecular weight is 329 g/mol. The number of pyridine rings is 1. The van der Waals surface area contributed by atoms with Gasteiger partial charge in [-0.1, -0.05) is 0 Å². The van der Waals surface area contributed by atoms with Crippen molar-refractivity contribution in [2.45, 2.75) is 37.4 Å². The normalized spacial score (nSPS) is 25.5. The summed E-state index contributed by atoms with van der Waals surface area (Å²) in [6, 6.07) is 8.99. The van der Waals surface area contributed by atoms with Gasteiger partial charge in [0.2, 0.25) is 5.88 Å². The van der Waals surface area contributed by atoms with Gasteiger partial charge in [0.05, 0.1) is 12.0 Å². The number of thiophene rings is 1. The van der Waals surface area contributed by atoms with Crippen LogP contribution in [0.1, 0.15) is 28.9 Å². The molecule has 2 aromatic rings. The van der Waals surface area contributed by atoms with Crippen LogP contribution in [0.15, 0.2) is 30.5 Å². The quantitative estimate of drug-likeness (QED) is 0.904. The number of hydrogen-bond acceptors (Lipinski definition) is 5. The number of fused-ring (bicyclic) bond motifs is 2. The Balaban J connectivity index is 1.47. The predicted molar refractivity (Wildman–Crippen MR) is 89.9 cm³/mol. The van der Waals surface area contributed by atoms with Crippen molar-refractivity contribution in [2.75, 3.05) is 7.11 Å². The first-order chi connectivity index (χ1) is 11.2. The minimum atomic E-state index is 0.0293. The zero-order chi connectivity index (χ0) is 15.8. The fourth-order valence-corrected chi connectivity index (χ4v) is 4.42. The van der Waals surface area contributed by atoms with Crippen molar-refractivity contribution in [1.29, 1.82) is 0 Å². The Kier molecular flexibility index (Phi) is 3.79. The molecule has 0 radical (unpaired) electrons. The van der Waals surface area contributed by atoms with E-state index in [0.29, 0.717) is 18.0 Å². The number of rotatable bonds is 4. The van der Waals surface area contributed by atoms with Crippen molar-refractivity contribution in [2.24, 2.45) is 0 Å². The number of ether oxygens (including phenoxy) is 1. The summed E-state index contributed by atoms with van der Waals surface area (Å²) in [5.74, 6) is 0.608. The second kappa shape index (κ2) is 5.94.